The smallest absolute Gasteiger partial charge is 0.416 e. The van der Waals surface area contributed by atoms with Gasteiger partial charge in [-0.1, -0.05) is 12.2 Å². The fourth-order valence-corrected chi connectivity index (χ4v) is 5.54. The van der Waals surface area contributed by atoms with Gasteiger partial charge in [-0.2, -0.15) is 26.3 Å². The Labute approximate surface area is 244 Å². The van der Waals surface area contributed by atoms with Gasteiger partial charge in [-0.15, -0.1) is 0 Å². The zero-order valence-corrected chi connectivity index (χ0v) is 23.7. The van der Waals surface area contributed by atoms with Crippen LogP contribution in [0.15, 0.2) is 48.1 Å². The van der Waals surface area contributed by atoms with Crippen LogP contribution in [0.2, 0.25) is 0 Å². The lowest BCUT2D eigenvalue weighted by Crippen LogP contribution is -2.38. The van der Waals surface area contributed by atoms with E-state index in [0.717, 1.165) is 19.5 Å². The molecule has 5 rings (SSSR count). The van der Waals surface area contributed by atoms with Crippen LogP contribution in [0.3, 0.4) is 0 Å². The number of halogens is 6. The number of pyridine rings is 1. The first-order valence-electron chi connectivity index (χ1n) is 13.7. The second kappa shape index (κ2) is 11.2. The third kappa shape index (κ3) is 5.97. The molecule has 43 heavy (non-hydrogen) atoms. The molecule has 3 aliphatic rings. The van der Waals surface area contributed by atoms with Gasteiger partial charge >= 0.3 is 18.4 Å². The largest absolute Gasteiger partial charge is 0.439 e. The highest BCUT2D eigenvalue weighted by Crippen LogP contribution is 2.43. The summed E-state index contributed by atoms with van der Waals surface area (Å²) in [5, 5.41) is 9.81. The van der Waals surface area contributed by atoms with E-state index in [4.69, 9.17) is 14.5 Å². The van der Waals surface area contributed by atoms with Crippen molar-refractivity contribution in [3.05, 3.63) is 76.0 Å². The highest BCUT2D eigenvalue weighted by molar-refractivity contribution is 5.78. The molecule has 2 saturated heterocycles. The first-order chi connectivity index (χ1) is 20.1. The maximum absolute atomic E-state index is 13.5. The molecular formula is C30H31F6N3O4. The Balaban J connectivity index is 1.54. The van der Waals surface area contributed by atoms with Gasteiger partial charge in [-0.05, 0) is 73.7 Å². The van der Waals surface area contributed by atoms with Crippen LogP contribution in [-0.2, 0) is 28.4 Å². The van der Waals surface area contributed by atoms with Crippen molar-refractivity contribution in [1.29, 1.82) is 0 Å². The molecule has 232 valence electrons. The van der Waals surface area contributed by atoms with Gasteiger partial charge in [0, 0.05) is 25.8 Å². The van der Waals surface area contributed by atoms with E-state index in [9.17, 15) is 36.2 Å². The number of rotatable bonds is 7. The predicted octanol–water partition coefficient (Wildman–Crippen LogP) is 6.52. The molecule has 1 aliphatic carbocycles. The van der Waals surface area contributed by atoms with Gasteiger partial charge < -0.3 is 19.5 Å². The van der Waals surface area contributed by atoms with Crippen LogP contribution in [0, 0.1) is 0 Å². The normalized spacial score (nSPS) is 24.5. The van der Waals surface area contributed by atoms with Crippen LogP contribution in [0.4, 0.5) is 37.0 Å². The molecule has 1 unspecified atom stereocenters. The molecule has 3 atom stereocenters. The average molecular weight is 612 g/mol. The number of hydrogen-bond acceptors (Lipinski definition) is 6. The average Bonchev–Trinajstić information content (AvgIpc) is 3.20. The van der Waals surface area contributed by atoms with E-state index in [2.05, 4.69) is 0 Å². The molecule has 3 heterocycles. The lowest BCUT2D eigenvalue weighted by Gasteiger charge is -2.36. The van der Waals surface area contributed by atoms with Gasteiger partial charge in [-0.3, -0.25) is 4.90 Å². The zero-order valence-electron chi connectivity index (χ0n) is 23.7. The number of hydrogen-bond donors (Lipinski definition) is 1. The summed E-state index contributed by atoms with van der Waals surface area (Å²) in [5.41, 5.74) is -1.71. The third-order valence-electron chi connectivity index (χ3n) is 8.37. The molecule has 0 radical (unpaired) electrons. The number of aliphatic hydroxyl groups excluding tert-OH is 1. The first-order valence-corrected chi connectivity index (χ1v) is 13.7. The van der Waals surface area contributed by atoms with E-state index >= 15 is 0 Å². The van der Waals surface area contributed by atoms with Crippen molar-refractivity contribution in [2.45, 2.75) is 63.3 Å². The highest BCUT2D eigenvalue weighted by atomic mass is 19.4. The van der Waals surface area contributed by atoms with Crippen LogP contribution in [-0.4, -0.2) is 59.5 Å². The molecule has 2 aromatic rings. The van der Waals surface area contributed by atoms with Crippen molar-refractivity contribution in [2.24, 2.45) is 0 Å². The summed E-state index contributed by atoms with van der Waals surface area (Å²) in [6.07, 6.45) is -7.25. The van der Waals surface area contributed by atoms with E-state index in [-0.39, 0.29) is 19.2 Å². The molecule has 2 fully saturated rings. The molecule has 1 aromatic carbocycles. The standard InChI is InChI=1S/C30H31F6N3O4/c1-17-26(19-12-20(29(31,32)33)14-21(13-19)30(34,35)36)43-27(41)39(17)15-24-22(5-6-25(37-24)38-9-4-10-38)23-11-18(16-40)7-8-28(23,2)42-3/h5-7,11-14,17,26,40H,4,8-10,15-16H2,1-3H3/t17-,26-,28?/m0/s1. The molecule has 1 amide bonds. The minimum absolute atomic E-state index is 0.0416. The Morgan fingerprint density at radius 3 is 2.28 bits per heavy atom. The summed E-state index contributed by atoms with van der Waals surface area (Å²) in [5.74, 6) is 0.669. The molecule has 1 aromatic heterocycles. The SMILES string of the molecule is COC1(C)CC=C(CO)C=C1c1ccc(N2CCC2)nc1CN1C(=O)O[C@H](c2cc(C(F)(F)F)cc(C(F)(F)F)c2)[C@@H]1C. The van der Waals surface area contributed by atoms with Crippen molar-refractivity contribution < 1.29 is 45.7 Å². The van der Waals surface area contributed by atoms with Gasteiger partial charge in [0.2, 0.25) is 0 Å². The van der Waals surface area contributed by atoms with Crippen LogP contribution in [0.25, 0.3) is 5.57 Å². The van der Waals surface area contributed by atoms with Crippen molar-refractivity contribution >= 4 is 17.5 Å². The molecule has 0 saturated carbocycles. The highest BCUT2D eigenvalue weighted by Gasteiger charge is 2.44. The van der Waals surface area contributed by atoms with E-state index < -0.39 is 52.9 Å². The van der Waals surface area contributed by atoms with Crippen LogP contribution >= 0.6 is 0 Å². The zero-order chi connectivity index (χ0) is 31.3. The van der Waals surface area contributed by atoms with Crippen LogP contribution in [0.5, 0.6) is 0 Å². The van der Waals surface area contributed by atoms with Gasteiger partial charge in [-0.25, -0.2) is 9.78 Å². The summed E-state index contributed by atoms with van der Waals surface area (Å²) in [4.78, 5) is 21.3. The molecule has 0 bridgehead atoms. The number of cyclic esters (lactones) is 1. The first kappa shape index (κ1) is 30.9. The van der Waals surface area contributed by atoms with E-state index in [0.29, 0.717) is 46.8 Å². The van der Waals surface area contributed by atoms with Gasteiger partial charge in [0.1, 0.15) is 11.9 Å². The topological polar surface area (TPSA) is 75.1 Å². The summed E-state index contributed by atoms with van der Waals surface area (Å²) < 4.78 is 92.4. The lowest BCUT2D eigenvalue weighted by molar-refractivity contribution is -0.143. The second-order valence-electron chi connectivity index (χ2n) is 11.2. The Morgan fingerprint density at radius 2 is 1.74 bits per heavy atom. The van der Waals surface area contributed by atoms with Crippen molar-refractivity contribution in [3.63, 3.8) is 0 Å². The van der Waals surface area contributed by atoms with Crippen molar-refractivity contribution in [3.8, 4) is 0 Å². The minimum atomic E-state index is -5.04. The molecule has 0 spiro atoms. The quantitative estimate of drug-likeness (QED) is 0.360. The Hall–Kier alpha value is -3.58. The summed E-state index contributed by atoms with van der Waals surface area (Å²) in [6.45, 7) is 4.64. The maximum Gasteiger partial charge on any atom is 0.416 e. The fraction of sp³-hybridized carbons (Fsp3) is 0.467. The number of amides is 1. The van der Waals surface area contributed by atoms with Crippen molar-refractivity contribution in [2.75, 3.05) is 31.7 Å². The summed E-state index contributed by atoms with van der Waals surface area (Å²) in [7, 11) is 1.56. The van der Waals surface area contributed by atoms with E-state index in [1.165, 1.54) is 11.8 Å². The molecule has 7 nitrogen and oxygen atoms in total. The predicted molar refractivity (Wildman–Crippen MR) is 145 cm³/mol. The number of aromatic nitrogens is 1. The molecule has 2 aliphatic heterocycles. The Bertz CT molecular complexity index is 1430. The molecular weight excluding hydrogens is 580 g/mol. The summed E-state index contributed by atoms with van der Waals surface area (Å²) in [6, 6.07) is 3.98. The maximum atomic E-state index is 13.5. The Kier molecular flexibility index (Phi) is 8.01. The number of nitrogens with zero attached hydrogens (tertiary/aromatic N) is 3. The third-order valence-corrected chi connectivity index (χ3v) is 8.37. The van der Waals surface area contributed by atoms with Gasteiger partial charge in [0.15, 0.2) is 0 Å². The monoisotopic (exact) mass is 611 g/mol. The number of aliphatic hydroxyl groups is 1. The number of carbonyl (C=O) groups is 1. The number of anilines is 1. The minimum Gasteiger partial charge on any atom is -0.439 e. The van der Waals surface area contributed by atoms with Crippen LogP contribution < -0.4 is 4.90 Å². The molecule has 13 heteroatoms. The fourth-order valence-electron chi connectivity index (χ4n) is 5.54. The summed E-state index contributed by atoms with van der Waals surface area (Å²) >= 11 is 0. The van der Waals surface area contributed by atoms with Crippen LogP contribution in [0.1, 0.15) is 60.7 Å². The molecule has 1 N–H and O–H groups in total. The number of alkyl halides is 6. The number of benzene rings is 1. The van der Waals surface area contributed by atoms with Gasteiger partial charge in [0.25, 0.3) is 0 Å². The van der Waals surface area contributed by atoms with Gasteiger partial charge in [0.05, 0.1) is 41.6 Å². The van der Waals surface area contributed by atoms with Crippen molar-refractivity contribution in [1.82, 2.24) is 9.88 Å². The Morgan fingerprint density at radius 1 is 1.09 bits per heavy atom. The van der Waals surface area contributed by atoms with E-state index in [1.54, 1.807) is 13.2 Å². The van der Waals surface area contributed by atoms with E-state index in [1.807, 2.05) is 30.0 Å². The number of carbonyl (C=O) groups excluding carboxylic acids is 1. The number of methoxy groups -OCH3 is 1. The number of ether oxygens (including phenoxy) is 2. The lowest BCUT2D eigenvalue weighted by atomic mass is 9.81. The second-order valence-corrected chi connectivity index (χ2v) is 11.2.